The van der Waals surface area contributed by atoms with Crippen LogP contribution in [0.5, 0.6) is 0 Å². The van der Waals surface area contributed by atoms with Crippen LogP contribution in [0.2, 0.25) is 0 Å². The Morgan fingerprint density at radius 2 is 2.06 bits per heavy atom. The van der Waals surface area contributed by atoms with Crippen LogP contribution < -0.4 is 5.32 Å². The first-order chi connectivity index (χ1) is 8.33. The molecule has 1 saturated carbocycles. The Balaban J connectivity index is 1.94. The van der Waals surface area contributed by atoms with Gasteiger partial charge >= 0.3 is 0 Å². The Bertz CT molecular complexity index is 331. The molecule has 0 aliphatic heterocycles. The van der Waals surface area contributed by atoms with Crippen molar-refractivity contribution in [1.29, 1.82) is 0 Å². The fourth-order valence-electron chi connectivity index (χ4n) is 2.60. The van der Waals surface area contributed by atoms with Gasteiger partial charge in [0, 0.05) is 6.42 Å². The maximum absolute atomic E-state index is 4.36. The van der Waals surface area contributed by atoms with Crippen molar-refractivity contribution < 1.29 is 0 Å². The van der Waals surface area contributed by atoms with Crippen molar-refractivity contribution in [3.63, 3.8) is 0 Å². The van der Waals surface area contributed by atoms with E-state index in [0.717, 1.165) is 25.3 Å². The van der Waals surface area contributed by atoms with Gasteiger partial charge in [-0.1, -0.05) is 50.9 Å². The highest BCUT2D eigenvalue weighted by atomic mass is 32.1. The van der Waals surface area contributed by atoms with Crippen LogP contribution in [-0.4, -0.2) is 16.7 Å². The first kappa shape index (κ1) is 13.0. The minimum absolute atomic E-state index is 0.398. The molecule has 1 unspecified atom stereocenters. The van der Waals surface area contributed by atoms with Crippen molar-refractivity contribution in [2.75, 3.05) is 6.54 Å². The van der Waals surface area contributed by atoms with Crippen molar-refractivity contribution in [2.45, 2.75) is 58.4 Å². The van der Waals surface area contributed by atoms with E-state index in [0.29, 0.717) is 6.04 Å². The molecule has 0 amide bonds. The number of hydrogen-bond donors (Lipinski definition) is 1. The molecule has 1 atom stereocenters. The monoisotopic (exact) mass is 253 g/mol. The smallest absolute Gasteiger partial charge is 0.134 e. The summed E-state index contributed by atoms with van der Waals surface area (Å²) in [5.41, 5.74) is 0. The van der Waals surface area contributed by atoms with Crippen molar-refractivity contribution in [3.05, 3.63) is 10.0 Å². The summed E-state index contributed by atoms with van der Waals surface area (Å²) in [6.07, 6.45) is 7.83. The summed E-state index contributed by atoms with van der Waals surface area (Å²) in [5, 5.41) is 14.6. The summed E-state index contributed by atoms with van der Waals surface area (Å²) in [5.74, 6) is 0.870. The Morgan fingerprint density at radius 3 is 2.71 bits per heavy atom. The quantitative estimate of drug-likeness (QED) is 0.845. The van der Waals surface area contributed by atoms with Crippen LogP contribution in [0.4, 0.5) is 0 Å². The number of nitrogens with one attached hydrogen (secondary N) is 1. The van der Waals surface area contributed by atoms with Gasteiger partial charge in [-0.05, 0) is 18.9 Å². The minimum Gasteiger partial charge on any atom is -0.308 e. The molecule has 4 heteroatoms. The van der Waals surface area contributed by atoms with E-state index in [9.17, 15) is 0 Å². The molecular formula is C13H23N3S. The van der Waals surface area contributed by atoms with Gasteiger partial charge in [-0.2, -0.15) is 0 Å². The second-order valence-electron chi connectivity index (χ2n) is 4.91. The molecule has 0 spiro atoms. The largest absolute Gasteiger partial charge is 0.308 e. The molecule has 1 fully saturated rings. The highest BCUT2D eigenvalue weighted by molar-refractivity contribution is 7.11. The Hall–Kier alpha value is -0.480. The van der Waals surface area contributed by atoms with E-state index in [1.165, 1.54) is 35.7 Å². The first-order valence-corrected chi connectivity index (χ1v) is 7.70. The number of aromatic nitrogens is 2. The molecule has 0 saturated heterocycles. The van der Waals surface area contributed by atoms with Crippen LogP contribution in [0, 0.1) is 5.92 Å². The fraction of sp³-hybridized carbons (Fsp3) is 0.846. The average molecular weight is 253 g/mol. The van der Waals surface area contributed by atoms with E-state index in [4.69, 9.17) is 0 Å². The van der Waals surface area contributed by atoms with E-state index in [2.05, 4.69) is 29.4 Å². The Labute approximate surface area is 108 Å². The topological polar surface area (TPSA) is 37.8 Å². The average Bonchev–Trinajstić information content (AvgIpc) is 2.98. The Kier molecular flexibility index (Phi) is 4.92. The van der Waals surface area contributed by atoms with Gasteiger partial charge < -0.3 is 5.32 Å². The van der Waals surface area contributed by atoms with E-state index in [1.54, 1.807) is 0 Å². The molecule has 17 heavy (non-hydrogen) atoms. The standard InChI is InChI=1S/C13H23N3S/c1-3-11(14-4-2)13-16-15-12(17-13)9-10-7-5-6-8-10/h10-11,14H,3-9H2,1-2H3. The van der Waals surface area contributed by atoms with E-state index < -0.39 is 0 Å². The molecule has 1 aliphatic rings. The summed E-state index contributed by atoms with van der Waals surface area (Å²) >= 11 is 1.81. The fourth-order valence-corrected chi connectivity index (χ4v) is 3.72. The lowest BCUT2D eigenvalue weighted by Crippen LogP contribution is -2.19. The zero-order valence-corrected chi connectivity index (χ0v) is 11.7. The molecule has 1 N–H and O–H groups in total. The summed E-state index contributed by atoms with van der Waals surface area (Å²) in [6.45, 7) is 5.34. The minimum atomic E-state index is 0.398. The van der Waals surface area contributed by atoms with Crippen LogP contribution >= 0.6 is 11.3 Å². The Morgan fingerprint density at radius 1 is 1.29 bits per heavy atom. The zero-order chi connectivity index (χ0) is 12.1. The van der Waals surface area contributed by atoms with E-state index in [1.807, 2.05) is 11.3 Å². The molecule has 1 heterocycles. The normalized spacial score (nSPS) is 18.7. The zero-order valence-electron chi connectivity index (χ0n) is 10.9. The number of nitrogens with zero attached hydrogens (tertiary/aromatic N) is 2. The summed E-state index contributed by atoms with van der Waals surface area (Å²) in [4.78, 5) is 0. The highest BCUT2D eigenvalue weighted by Gasteiger charge is 2.19. The lowest BCUT2D eigenvalue weighted by Gasteiger charge is -2.11. The van der Waals surface area contributed by atoms with Gasteiger partial charge in [-0.25, -0.2) is 0 Å². The second-order valence-corrected chi connectivity index (χ2v) is 6.00. The third kappa shape index (κ3) is 3.49. The molecule has 1 aromatic rings. The van der Waals surface area contributed by atoms with Crippen molar-refractivity contribution in [1.82, 2.24) is 15.5 Å². The molecule has 0 aromatic carbocycles. The summed E-state index contributed by atoms with van der Waals surface area (Å²) in [6, 6.07) is 0.398. The van der Waals surface area contributed by atoms with E-state index in [-0.39, 0.29) is 0 Å². The van der Waals surface area contributed by atoms with E-state index >= 15 is 0 Å². The van der Waals surface area contributed by atoms with Crippen LogP contribution in [0.25, 0.3) is 0 Å². The molecule has 96 valence electrons. The van der Waals surface area contributed by atoms with Crippen LogP contribution in [-0.2, 0) is 6.42 Å². The lowest BCUT2D eigenvalue weighted by molar-refractivity contribution is 0.528. The molecule has 2 rings (SSSR count). The molecule has 3 nitrogen and oxygen atoms in total. The second kappa shape index (κ2) is 6.45. The van der Waals surface area contributed by atoms with Gasteiger partial charge in [0.1, 0.15) is 10.0 Å². The number of hydrogen-bond acceptors (Lipinski definition) is 4. The van der Waals surface area contributed by atoms with Crippen LogP contribution in [0.1, 0.15) is 62.0 Å². The molecule has 0 radical (unpaired) electrons. The number of rotatable bonds is 6. The predicted molar refractivity (Wildman–Crippen MR) is 72.3 cm³/mol. The van der Waals surface area contributed by atoms with Gasteiger partial charge in [0.25, 0.3) is 0 Å². The van der Waals surface area contributed by atoms with Crippen molar-refractivity contribution in [3.8, 4) is 0 Å². The SMILES string of the molecule is CCNC(CC)c1nnc(CC2CCCC2)s1. The van der Waals surface area contributed by atoms with Gasteiger partial charge in [-0.3, -0.25) is 0 Å². The summed E-state index contributed by atoms with van der Waals surface area (Å²) < 4.78 is 0. The molecular weight excluding hydrogens is 230 g/mol. The molecule has 1 aromatic heterocycles. The predicted octanol–water partition coefficient (Wildman–Crippen LogP) is 3.33. The van der Waals surface area contributed by atoms with Gasteiger partial charge in [0.05, 0.1) is 6.04 Å². The van der Waals surface area contributed by atoms with Gasteiger partial charge in [0.15, 0.2) is 0 Å². The van der Waals surface area contributed by atoms with Crippen LogP contribution in [0.3, 0.4) is 0 Å². The molecule has 1 aliphatic carbocycles. The maximum atomic E-state index is 4.36. The molecule has 0 bridgehead atoms. The summed E-state index contributed by atoms with van der Waals surface area (Å²) in [7, 11) is 0. The van der Waals surface area contributed by atoms with Crippen LogP contribution in [0.15, 0.2) is 0 Å². The van der Waals surface area contributed by atoms with Gasteiger partial charge in [-0.15, -0.1) is 10.2 Å². The van der Waals surface area contributed by atoms with Gasteiger partial charge in [0.2, 0.25) is 0 Å². The highest BCUT2D eigenvalue weighted by Crippen LogP contribution is 2.30. The lowest BCUT2D eigenvalue weighted by atomic mass is 10.1. The van der Waals surface area contributed by atoms with Crippen molar-refractivity contribution >= 4 is 11.3 Å². The maximum Gasteiger partial charge on any atom is 0.134 e. The third-order valence-electron chi connectivity index (χ3n) is 3.58. The van der Waals surface area contributed by atoms with Crippen molar-refractivity contribution in [2.24, 2.45) is 5.92 Å². The third-order valence-corrected chi connectivity index (χ3v) is 4.64. The first-order valence-electron chi connectivity index (χ1n) is 6.89.